The van der Waals surface area contributed by atoms with Crippen molar-refractivity contribution in [3.63, 3.8) is 0 Å². The average Bonchev–Trinajstić information content (AvgIpc) is 2.25. The predicted molar refractivity (Wildman–Crippen MR) is 66.8 cm³/mol. The van der Waals surface area contributed by atoms with E-state index in [0.29, 0.717) is 12.6 Å². The molecule has 0 saturated carbocycles. The van der Waals surface area contributed by atoms with E-state index in [1.807, 2.05) is 6.92 Å². The Labute approximate surface area is 100 Å². The number of hydrogen-bond acceptors (Lipinski definition) is 3. The molecule has 0 spiro atoms. The Kier molecular flexibility index (Phi) is 5.41. The lowest BCUT2D eigenvalue weighted by Crippen LogP contribution is -2.51. The summed E-state index contributed by atoms with van der Waals surface area (Å²) in [4.78, 5) is 11.8. The largest absolute Gasteiger partial charge is 0.354 e. The summed E-state index contributed by atoms with van der Waals surface area (Å²) in [6, 6.07) is 0.350. The van der Waals surface area contributed by atoms with Gasteiger partial charge in [-0.05, 0) is 33.1 Å². The molecule has 4 atom stereocenters. The number of nitrogens with one attached hydrogen (secondary N) is 2. The lowest BCUT2D eigenvalue weighted by Gasteiger charge is -2.28. The molecule has 0 aromatic heterocycles. The lowest BCUT2D eigenvalue weighted by molar-refractivity contribution is -0.123. The summed E-state index contributed by atoms with van der Waals surface area (Å²) in [5.41, 5.74) is 0. The Morgan fingerprint density at radius 2 is 2.25 bits per heavy atom. The second kappa shape index (κ2) is 6.35. The van der Waals surface area contributed by atoms with Crippen LogP contribution in [0.4, 0.5) is 0 Å². The van der Waals surface area contributed by atoms with Crippen LogP contribution in [-0.4, -0.2) is 40.3 Å². The summed E-state index contributed by atoms with van der Waals surface area (Å²) in [5.74, 6) is 0.0452. The van der Waals surface area contributed by atoms with Gasteiger partial charge in [0, 0.05) is 34.9 Å². The summed E-state index contributed by atoms with van der Waals surface area (Å²) in [5, 5.41) is 6.16. The molecule has 94 valence electrons. The van der Waals surface area contributed by atoms with Crippen molar-refractivity contribution in [1.29, 1.82) is 0 Å². The molecule has 0 radical (unpaired) electrons. The molecule has 0 aromatic rings. The van der Waals surface area contributed by atoms with Gasteiger partial charge in [0.25, 0.3) is 0 Å². The maximum atomic E-state index is 11.8. The third kappa shape index (κ3) is 4.22. The van der Waals surface area contributed by atoms with Crippen molar-refractivity contribution in [2.75, 3.05) is 12.8 Å². The SMILES string of the molecule is CC1CCCC(C(=O)NCC(C)S(C)=O)N1. The Bertz CT molecular complexity index is 271. The molecule has 0 aliphatic carbocycles. The van der Waals surface area contributed by atoms with Crippen molar-refractivity contribution in [2.45, 2.75) is 50.4 Å². The van der Waals surface area contributed by atoms with E-state index in [2.05, 4.69) is 17.6 Å². The molecular formula is C11H22N2O2S. The zero-order chi connectivity index (χ0) is 12.1. The van der Waals surface area contributed by atoms with Crippen LogP contribution in [0.25, 0.3) is 0 Å². The highest BCUT2D eigenvalue weighted by Gasteiger charge is 2.24. The van der Waals surface area contributed by atoms with Crippen LogP contribution < -0.4 is 10.6 Å². The van der Waals surface area contributed by atoms with Crippen molar-refractivity contribution in [1.82, 2.24) is 10.6 Å². The molecule has 0 aromatic carbocycles. The van der Waals surface area contributed by atoms with Gasteiger partial charge in [0.1, 0.15) is 0 Å². The van der Waals surface area contributed by atoms with Crippen LogP contribution in [0.3, 0.4) is 0 Å². The summed E-state index contributed by atoms with van der Waals surface area (Å²) in [7, 11) is -0.874. The number of piperidine rings is 1. The second-order valence-electron chi connectivity index (χ2n) is 4.61. The fraction of sp³-hybridized carbons (Fsp3) is 0.909. The van der Waals surface area contributed by atoms with E-state index in [4.69, 9.17) is 0 Å². The van der Waals surface area contributed by atoms with Gasteiger partial charge in [-0.25, -0.2) is 0 Å². The second-order valence-corrected chi connectivity index (χ2v) is 6.41. The van der Waals surface area contributed by atoms with E-state index in [-0.39, 0.29) is 17.2 Å². The van der Waals surface area contributed by atoms with Crippen LogP contribution in [0.1, 0.15) is 33.1 Å². The van der Waals surface area contributed by atoms with Crippen molar-refractivity contribution in [3.8, 4) is 0 Å². The molecule has 1 amide bonds. The first-order chi connectivity index (χ1) is 7.50. The first kappa shape index (κ1) is 13.6. The van der Waals surface area contributed by atoms with Crippen molar-refractivity contribution in [3.05, 3.63) is 0 Å². The summed E-state index contributed by atoms with van der Waals surface area (Å²) < 4.78 is 11.1. The number of hydrogen-bond donors (Lipinski definition) is 2. The van der Waals surface area contributed by atoms with E-state index < -0.39 is 10.8 Å². The summed E-state index contributed by atoms with van der Waals surface area (Å²) in [6.07, 6.45) is 4.80. The zero-order valence-corrected chi connectivity index (χ0v) is 11.1. The van der Waals surface area contributed by atoms with Gasteiger partial charge in [-0.1, -0.05) is 0 Å². The van der Waals surface area contributed by atoms with Gasteiger partial charge < -0.3 is 10.6 Å². The van der Waals surface area contributed by atoms with Gasteiger partial charge >= 0.3 is 0 Å². The maximum absolute atomic E-state index is 11.8. The van der Waals surface area contributed by atoms with E-state index >= 15 is 0 Å². The molecule has 1 fully saturated rings. The minimum absolute atomic E-state index is 0.0185. The van der Waals surface area contributed by atoms with Crippen LogP contribution in [0, 0.1) is 0 Å². The molecule has 1 aliphatic rings. The molecule has 0 bridgehead atoms. The van der Waals surface area contributed by atoms with Gasteiger partial charge in [0.2, 0.25) is 5.91 Å². The van der Waals surface area contributed by atoms with Crippen LogP contribution in [0.15, 0.2) is 0 Å². The maximum Gasteiger partial charge on any atom is 0.237 e. The Balaban J connectivity index is 2.31. The third-order valence-electron chi connectivity index (χ3n) is 3.06. The molecular weight excluding hydrogens is 224 g/mol. The summed E-state index contributed by atoms with van der Waals surface area (Å²) in [6.45, 7) is 4.48. The first-order valence-corrected chi connectivity index (χ1v) is 7.49. The minimum atomic E-state index is -0.874. The fourth-order valence-corrected chi connectivity index (χ4v) is 2.15. The normalized spacial score (nSPS) is 29.4. The molecule has 1 saturated heterocycles. The van der Waals surface area contributed by atoms with Gasteiger partial charge in [-0.3, -0.25) is 9.00 Å². The van der Waals surface area contributed by atoms with Crippen LogP contribution in [0.2, 0.25) is 0 Å². The number of carbonyl (C=O) groups excluding carboxylic acids is 1. The minimum Gasteiger partial charge on any atom is -0.354 e. The smallest absolute Gasteiger partial charge is 0.237 e. The predicted octanol–water partition coefficient (Wildman–Crippen LogP) is 0.400. The highest BCUT2D eigenvalue weighted by atomic mass is 32.2. The van der Waals surface area contributed by atoms with Crippen LogP contribution >= 0.6 is 0 Å². The molecule has 1 rings (SSSR count). The molecule has 2 N–H and O–H groups in total. The van der Waals surface area contributed by atoms with E-state index in [1.165, 1.54) is 0 Å². The van der Waals surface area contributed by atoms with Crippen molar-refractivity contribution in [2.24, 2.45) is 0 Å². The highest BCUT2D eigenvalue weighted by molar-refractivity contribution is 7.84. The molecule has 16 heavy (non-hydrogen) atoms. The Morgan fingerprint density at radius 3 is 2.81 bits per heavy atom. The molecule has 4 nitrogen and oxygen atoms in total. The van der Waals surface area contributed by atoms with Crippen LogP contribution in [-0.2, 0) is 15.6 Å². The van der Waals surface area contributed by atoms with E-state index in [0.717, 1.165) is 19.3 Å². The van der Waals surface area contributed by atoms with Crippen molar-refractivity contribution < 1.29 is 9.00 Å². The van der Waals surface area contributed by atoms with Crippen LogP contribution in [0.5, 0.6) is 0 Å². The van der Waals surface area contributed by atoms with E-state index in [9.17, 15) is 9.00 Å². The van der Waals surface area contributed by atoms with Gasteiger partial charge in [-0.15, -0.1) is 0 Å². The van der Waals surface area contributed by atoms with E-state index in [1.54, 1.807) is 6.26 Å². The molecule has 5 heteroatoms. The lowest BCUT2D eigenvalue weighted by atomic mass is 9.99. The third-order valence-corrected chi connectivity index (χ3v) is 4.36. The Morgan fingerprint density at radius 1 is 1.56 bits per heavy atom. The molecule has 4 unspecified atom stereocenters. The zero-order valence-electron chi connectivity index (χ0n) is 10.3. The van der Waals surface area contributed by atoms with Gasteiger partial charge in [-0.2, -0.15) is 0 Å². The monoisotopic (exact) mass is 246 g/mol. The van der Waals surface area contributed by atoms with Gasteiger partial charge in [0.05, 0.1) is 6.04 Å². The molecule has 1 heterocycles. The molecule has 1 aliphatic heterocycles. The number of rotatable bonds is 4. The quantitative estimate of drug-likeness (QED) is 0.755. The highest BCUT2D eigenvalue weighted by Crippen LogP contribution is 2.12. The van der Waals surface area contributed by atoms with Gasteiger partial charge in [0.15, 0.2) is 0 Å². The standard InChI is InChI=1S/C11H22N2O2S/c1-8-5-4-6-10(13-8)11(14)12-7-9(2)16(3)15/h8-10,13H,4-7H2,1-3H3,(H,12,14). The van der Waals surface area contributed by atoms with Crippen molar-refractivity contribution >= 4 is 16.7 Å². The topological polar surface area (TPSA) is 58.2 Å². The number of amides is 1. The number of carbonyl (C=O) groups is 1. The Hall–Kier alpha value is -0.420. The first-order valence-electron chi connectivity index (χ1n) is 5.86. The fourth-order valence-electron chi connectivity index (χ4n) is 1.83. The average molecular weight is 246 g/mol. The summed E-state index contributed by atoms with van der Waals surface area (Å²) >= 11 is 0.